The number of aromatic nitrogens is 3. The molecule has 0 radical (unpaired) electrons. The van der Waals surface area contributed by atoms with E-state index in [9.17, 15) is 13.6 Å². The Morgan fingerprint density at radius 2 is 1.80 bits per heavy atom. The molecule has 1 N–H and O–H groups in total. The number of carbonyl (C=O) groups is 1. The Bertz CT molecular complexity index is 1140. The van der Waals surface area contributed by atoms with Crippen molar-refractivity contribution in [1.29, 1.82) is 0 Å². The van der Waals surface area contributed by atoms with Crippen molar-refractivity contribution in [2.75, 3.05) is 46.4 Å². The number of rotatable bonds is 9. The fourth-order valence-corrected chi connectivity index (χ4v) is 3.77. The van der Waals surface area contributed by atoms with Crippen molar-refractivity contribution >= 4 is 5.91 Å². The SMILES string of the molecule is CN1CCN(CCOc2ccc(-c3ccc(CC(=O)NCc4ccnc(F)n4)cc3)c(F)n2)CC1. The molecule has 3 heterocycles. The second-order valence-electron chi connectivity index (χ2n) is 8.45. The minimum absolute atomic E-state index is 0.108. The zero-order valence-corrected chi connectivity index (χ0v) is 19.6. The van der Waals surface area contributed by atoms with E-state index >= 15 is 0 Å². The predicted octanol–water partition coefficient (Wildman–Crippen LogP) is 2.30. The van der Waals surface area contributed by atoms with Crippen LogP contribution in [0.5, 0.6) is 5.88 Å². The zero-order chi connectivity index (χ0) is 24.6. The fourth-order valence-electron chi connectivity index (χ4n) is 3.77. The van der Waals surface area contributed by atoms with Gasteiger partial charge in [0.2, 0.25) is 17.7 Å². The number of hydrogen-bond donors (Lipinski definition) is 1. The number of likely N-dealkylation sites (N-methyl/N-ethyl adjacent to an activating group) is 1. The first-order chi connectivity index (χ1) is 17.0. The van der Waals surface area contributed by atoms with E-state index in [1.54, 1.807) is 36.4 Å². The lowest BCUT2D eigenvalue weighted by Gasteiger charge is -2.32. The largest absolute Gasteiger partial charge is 0.476 e. The van der Waals surface area contributed by atoms with Crippen molar-refractivity contribution in [3.05, 3.63) is 71.9 Å². The van der Waals surface area contributed by atoms with Gasteiger partial charge in [0, 0.05) is 50.6 Å². The van der Waals surface area contributed by atoms with Crippen LogP contribution in [0.25, 0.3) is 11.1 Å². The van der Waals surface area contributed by atoms with Gasteiger partial charge in [0.15, 0.2) is 0 Å². The monoisotopic (exact) mass is 482 g/mol. The van der Waals surface area contributed by atoms with Crippen LogP contribution in [0.2, 0.25) is 0 Å². The Balaban J connectivity index is 1.26. The van der Waals surface area contributed by atoms with Gasteiger partial charge in [0.25, 0.3) is 0 Å². The lowest BCUT2D eigenvalue weighted by atomic mass is 10.0. The van der Waals surface area contributed by atoms with Gasteiger partial charge in [-0.1, -0.05) is 24.3 Å². The molecule has 35 heavy (non-hydrogen) atoms. The highest BCUT2D eigenvalue weighted by atomic mass is 19.1. The number of carbonyl (C=O) groups excluding carboxylic acids is 1. The summed E-state index contributed by atoms with van der Waals surface area (Å²) in [6.07, 6.45) is 0.595. The van der Waals surface area contributed by atoms with Gasteiger partial charge in [-0.3, -0.25) is 9.69 Å². The number of nitrogens with one attached hydrogen (secondary N) is 1. The molecule has 0 aliphatic carbocycles. The molecule has 4 rings (SSSR count). The fraction of sp³-hybridized carbons (Fsp3) is 0.360. The molecule has 1 fully saturated rings. The first-order valence-corrected chi connectivity index (χ1v) is 11.5. The molecule has 1 amide bonds. The number of amides is 1. The molecule has 1 aromatic carbocycles. The van der Waals surface area contributed by atoms with Crippen molar-refractivity contribution in [2.45, 2.75) is 13.0 Å². The van der Waals surface area contributed by atoms with Crippen molar-refractivity contribution in [3.8, 4) is 17.0 Å². The molecule has 1 saturated heterocycles. The second-order valence-corrected chi connectivity index (χ2v) is 8.45. The highest BCUT2D eigenvalue weighted by Gasteiger charge is 2.14. The molecule has 10 heteroatoms. The third-order valence-electron chi connectivity index (χ3n) is 5.86. The van der Waals surface area contributed by atoms with E-state index in [0.717, 1.165) is 38.3 Å². The van der Waals surface area contributed by atoms with E-state index in [4.69, 9.17) is 4.74 Å². The highest BCUT2D eigenvalue weighted by Crippen LogP contribution is 2.24. The van der Waals surface area contributed by atoms with Crippen molar-refractivity contribution < 1.29 is 18.3 Å². The van der Waals surface area contributed by atoms with Crippen molar-refractivity contribution in [1.82, 2.24) is 30.1 Å². The smallest absolute Gasteiger partial charge is 0.308 e. The van der Waals surface area contributed by atoms with Gasteiger partial charge in [-0.15, -0.1) is 0 Å². The third-order valence-corrected chi connectivity index (χ3v) is 5.86. The number of piperazine rings is 1. The quantitative estimate of drug-likeness (QED) is 0.370. The van der Waals surface area contributed by atoms with Gasteiger partial charge < -0.3 is 15.0 Å². The lowest BCUT2D eigenvalue weighted by Crippen LogP contribution is -2.45. The van der Waals surface area contributed by atoms with Gasteiger partial charge in [0.1, 0.15) is 6.61 Å². The molecule has 184 valence electrons. The van der Waals surface area contributed by atoms with Crippen LogP contribution >= 0.6 is 0 Å². The molecular formula is C25H28F2N6O2. The molecule has 0 bridgehead atoms. The average Bonchev–Trinajstić information content (AvgIpc) is 2.85. The number of hydrogen-bond acceptors (Lipinski definition) is 7. The Labute approximate surface area is 203 Å². The maximum Gasteiger partial charge on any atom is 0.308 e. The molecule has 0 atom stereocenters. The van der Waals surface area contributed by atoms with Gasteiger partial charge in [0.05, 0.1) is 18.7 Å². The topological polar surface area (TPSA) is 83.5 Å². The number of ether oxygens (including phenoxy) is 1. The summed E-state index contributed by atoms with van der Waals surface area (Å²) < 4.78 is 33.3. The summed E-state index contributed by atoms with van der Waals surface area (Å²) in [5.41, 5.74) is 2.16. The van der Waals surface area contributed by atoms with E-state index in [1.165, 1.54) is 12.3 Å². The highest BCUT2D eigenvalue weighted by molar-refractivity contribution is 5.78. The summed E-state index contributed by atoms with van der Waals surface area (Å²) in [5.74, 6) is -0.579. The Kier molecular flexibility index (Phi) is 8.27. The van der Waals surface area contributed by atoms with Gasteiger partial charge >= 0.3 is 6.08 Å². The minimum atomic E-state index is -0.834. The number of benzene rings is 1. The Morgan fingerprint density at radius 3 is 2.51 bits per heavy atom. The molecule has 0 unspecified atom stereocenters. The van der Waals surface area contributed by atoms with Crippen LogP contribution in [0, 0.1) is 12.0 Å². The first kappa shape index (κ1) is 24.6. The summed E-state index contributed by atoms with van der Waals surface area (Å²) in [6, 6.07) is 11.9. The minimum Gasteiger partial charge on any atom is -0.476 e. The van der Waals surface area contributed by atoms with Crippen LogP contribution in [0.15, 0.2) is 48.7 Å². The van der Waals surface area contributed by atoms with Crippen LogP contribution in [0.4, 0.5) is 8.78 Å². The van der Waals surface area contributed by atoms with E-state index < -0.39 is 12.0 Å². The van der Waals surface area contributed by atoms with Gasteiger partial charge in [-0.2, -0.15) is 13.8 Å². The molecule has 0 saturated carbocycles. The summed E-state index contributed by atoms with van der Waals surface area (Å²) in [5, 5.41) is 2.69. The van der Waals surface area contributed by atoms with Gasteiger partial charge in [-0.05, 0) is 30.3 Å². The van der Waals surface area contributed by atoms with E-state index in [2.05, 4.69) is 37.1 Å². The zero-order valence-electron chi connectivity index (χ0n) is 19.6. The summed E-state index contributed by atoms with van der Waals surface area (Å²) in [4.78, 5) is 27.7. The maximum absolute atomic E-state index is 14.7. The van der Waals surface area contributed by atoms with Crippen molar-refractivity contribution in [2.24, 2.45) is 0 Å². The van der Waals surface area contributed by atoms with E-state index in [-0.39, 0.29) is 24.8 Å². The van der Waals surface area contributed by atoms with Crippen LogP contribution in [0.1, 0.15) is 11.3 Å². The molecule has 0 spiro atoms. The average molecular weight is 483 g/mol. The molecular weight excluding hydrogens is 454 g/mol. The Morgan fingerprint density at radius 1 is 1.03 bits per heavy atom. The van der Waals surface area contributed by atoms with Crippen molar-refractivity contribution in [3.63, 3.8) is 0 Å². The molecule has 8 nitrogen and oxygen atoms in total. The number of nitrogens with zero attached hydrogens (tertiary/aromatic N) is 5. The second kappa shape index (κ2) is 11.8. The number of halogens is 2. The normalized spacial score (nSPS) is 14.6. The molecule has 1 aliphatic heterocycles. The predicted molar refractivity (Wildman–Crippen MR) is 127 cm³/mol. The molecule has 1 aliphatic rings. The van der Waals surface area contributed by atoms with Crippen LogP contribution in [-0.4, -0.2) is 77.0 Å². The van der Waals surface area contributed by atoms with Crippen LogP contribution in [0.3, 0.4) is 0 Å². The molecule has 3 aromatic rings. The summed E-state index contributed by atoms with van der Waals surface area (Å²) in [6.45, 7) is 5.42. The first-order valence-electron chi connectivity index (χ1n) is 11.5. The van der Waals surface area contributed by atoms with Crippen LogP contribution < -0.4 is 10.1 Å². The van der Waals surface area contributed by atoms with Gasteiger partial charge in [-0.25, -0.2) is 9.97 Å². The summed E-state index contributed by atoms with van der Waals surface area (Å²) in [7, 11) is 2.11. The van der Waals surface area contributed by atoms with E-state index in [0.29, 0.717) is 23.4 Å². The van der Waals surface area contributed by atoms with Crippen LogP contribution in [-0.2, 0) is 17.8 Å². The lowest BCUT2D eigenvalue weighted by molar-refractivity contribution is -0.120. The van der Waals surface area contributed by atoms with E-state index in [1.807, 2.05) is 0 Å². The maximum atomic E-state index is 14.7. The number of pyridine rings is 1. The third kappa shape index (κ3) is 7.24. The molecule has 2 aromatic heterocycles. The standard InChI is InChI=1S/C25H28F2N6O2/c1-32-10-12-33(13-11-32)14-15-35-23-7-6-21(24(26)31-23)19-4-2-18(3-5-19)16-22(34)29-17-20-8-9-28-25(27)30-20/h2-9H,10-17H2,1H3,(H,29,34). The Hall–Kier alpha value is -3.50. The summed E-state index contributed by atoms with van der Waals surface area (Å²) >= 11 is 0.